The third kappa shape index (κ3) is 6.17. The summed E-state index contributed by atoms with van der Waals surface area (Å²) < 4.78 is 37.9. The molecule has 36 heavy (non-hydrogen) atoms. The van der Waals surface area contributed by atoms with Gasteiger partial charge in [-0.25, -0.2) is 13.4 Å². The average Bonchev–Trinajstić information content (AvgIpc) is 3.17. The fraction of sp³-hybridized carbons (Fsp3) is 0.304. The molecule has 1 amide bonds. The zero-order valence-electron chi connectivity index (χ0n) is 19.5. The molecular weight excluding hydrogens is 508 g/mol. The number of nitrogens with zero attached hydrogens (tertiary/aromatic N) is 3. The van der Waals surface area contributed by atoms with Gasteiger partial charge in [-0.2, -0.15) is 9.29 Å². The summed E-state index contributed by atoms with van der Waals surface area (Å²) in [5.74, 6) is -0.965. The Balaban J connectivity index is 1.53. The molecule has 0 bridgehead atoms. The summed E-state index contributed by atoms with van der Waals surface area (Å²) in [5.41, 5.74) is 0.521. The molecule has 0 unspecified atom stereocenters. The molecule has 13 heteroatoms. The Morgan fingerprint density at radius 1 is 1.14 bits per heavy atom. The minimum absolute atomic E-state index is 0.0716. The number of ether oxygens (including phenoxy) is 2. The van der Waals surface area contributed by atoms with Crippen LogP contribution >= 0.6 is 11.3 Å². The second-order valence-corrected chi connectivity index (χ2v) is 11.0. The van der Waals surface area contributed by atoms with Crippen molar-refractivity contribution in [3.8, 4) is 17.5 Å². The number of thiazole rings is 1. The van der Waals surface area contributed by atoms with Crippen molar-refractivity contribution in [1.29, 1.82) is 0 Å². The van der Waals surface area contributed by atoms with Gasteiger partial charge in [-0.15, -0.1) is 11.3 Å². The number of carboxylic acid groups (broad SMARTS) is 1. The molecule has 0 spiro atoms. The van der Waals surface area contributed by atoms with Gasteiger partial charge in [-0.05, 0) is 44.5 Å². The first-order valence-electron chi connectivity index (χ1n) is 11.0. The SMILES string of the molecule is CC(C)Oc1cc(C(=O)Nc2nc(CC(=O)O)cs2)cc(Oc2ccc(S(=O)(=O)N3CCC3)cc2)n1. The molecule has 1 aromatic carbocycles. The van der Waals surface area contributed by atoms with E-state index < -0.39 is 21.9 Å². The number of amides is 1. The molecule has 0 aliphatic carbocycles. The van der Waals surface area contributed by atoms with Crippen molar-refractivity contribution in [2.75, 3.05) is 18.4 Å². The van der Waals surface area contributed by atoms with Crippen LogP contribution in [0.3, 0.4) is 0 Å². The number of rotatable bonds is 10. The lowest BCUT2D eigenvalue weighted by Gasteiger charge is -2.29. The van der Waals surface area contributed by atoms with Gasteiger partial charge in [0.05, 0.1) is 28.7 Å². The Bertz CT molecular complexity index is 1370. The van der Waals surface area contributed by atoms with Crippen molar-refractivity contribution in [3.05, 3.63) is 53.0 Å². The lowest BCUT2D eigenvalue weighted by molar-refractivity contribution is -0.136. The number of hydrogen-bond acceptors (Lipinski definition) is 9. The number of anilines is 1. The monoisotopic (exact) mass is 532 g/mol. The van der Waals surface area contributed by atoms with Gasteiger partial charge < -0.3 is 14.6 Å². The molecule has 1 aliphatic heterocycles. The van der Waals surface area contributed by atoms with E-state index in [0.717, 1.165) is 17.8 Å². The molecule has 0 saturated carbocycles. The van der Waals surface area contributed by atoms with Crippen LogP contribution < -0.4 is 14.8 Å². The number of hydrogen-bond donors (Lipinski definition) is 2. The summed E-state index contributed by atoms with van der Waals surface area (Å²) in [6, 6.07) is 8.83. The van der Waals surface area contributed by atoms with Crippen molar-refractivity contribution in [2.24, 2.45) is 0 Å². The predicted molar refractivity (Wildman–Crippen MR) is 131 cm³/mol. The maximum Gasteiger partial charge on any atom is 0.309 e. The highest BCUT2D eigenvalue weighted by molar-refractivity contribution is 7.89. The average molecular weight is 533 g/mol. The van der Waals surface area contributed by atoms with Crippen LogP contribution in [0.15, 0.2) is 46.7 Å². The van der Waals surface area contributed by atoms with E-state index in [1.165, 1.54) is 40.7 Å². The van der Waals surface area contributed by atoms with Crippen molar-refractivity contribution >= 4 is 38.4 Å². The zero-order chi connectivity index (χ0) is 25.9. The van der Waals surface area contributed by atoms with Gasteiger partial charge >= 0.3 is 5.97 Å². The van der Waals surface area contributed by atoms with Crippen molar-refractivity contribution in [3.63, 3.8) is 0 Å². The van der Waals surface area contributed by atoms with E-state index >= 15 is 0 Å². The second kappa shape index (κ2) is 10.6. The zero-order valence-corrected chi connectivity index (χ0v) is 21.1. The van der Waals surface area contributed by atoms with E-state index in [2.05, 4.69) is 15.3 Å². The van der Waals surface area contributed by atoms with Gasteiger partial charge in [0.25, 0.3) is 5.91 Å². The molecule has 0 radical (unpaired) electrons. The number of sulfonamides is 1. The summed E-state index contributed by atoms with van der Waals surface area (Å²) in [4.78, 5) is 32.3. The molecule has 2 aromatic heterocycles. The maximum atomic E-state index is 12.9. The van der Waals surface area contributed by atoms with Crippen LogP contribution in [0.5, 0.6) is 17.5 Å². The van der Waals surface area contributed by atoms with Gasteiger partial charge in [0.15, 0.2) is 5.13 Å². The second-order valence-electron chi connectivity index (χ2n) is 8.20. The lowest BCUT2D eigenvalue weighted by Crippen LogP contribution is -2.41. The van der Waals surface area contributed by atoms with E-state index in [1.54, 1.807) is 5.38 Å². The van der Waals surface area contributed by atoms with Crippen LogP contribution in [0.4, 0.5) is 5.13 Å². The van der Waals surface area contributed by atoms with E-state index in [-0.39, 0.29) is 39.9 Å². The highest BCUT2D eigenvalue weighted by Gasteiger charge is 2.29. The van der Waals surface area contributed by atoms with Gasteiger partial charge in [-0.1, -0.05) is 0 Å². The molecule has 2 N–H and O–H groups in total. The van der Waals surface area contributed by atoms with Crippen molar-refractivity contribution in [2.45, 2.75) is 37.7 Å². The number of carbonyl (C=O) groups excluding carboxylic acids is 1. The van der Waals surface area contributed by atoms with Crippen molar-refractivity contribution in [1.82, 2.24) is 14.3 Å². The molecule has 1 fully saturated rings. The Hall–Kier alpha value is -3.55. The van der Waals surface area contributed by atoms with Crippen LogP contribution in [-0.4, -0.2) is 58.9 Å². The van der Waals surface area contributed by atoms with Crippen LogP contribution in [0.2, 0.25) is 0 Å². The highest BCUT2D eigenvalue weighted by atomic mass is 32.2. The standard InChI is InChI=1S/C23H24N4O7S2/c1-14(2)33-19-10-15(22(30)26-23-24-16(13-35-23)12-21(28)29)11-20(25-19)34-17-4-6-18(7-5-17)36(31,32)27-8-3-9-27/h4-7,10-11,13-14H,3,8-9,12H2,1-2H3,(H,28,29)(H,24,26,30). The van der Waals surface area contributed by atoms with E-state index in [1.807, 2.05) is 13.8 Å². The molecule has 0 atom stereocenters. The number of aliphatic carboxylic acids is 1. The van der Waals surface area contributed by atoms with Gasteiger partial charge in [-0.3, -0.25) is 14.9 Å². The molecule has 11 nitrogen and oxygen atoms in total. The van der Waals surface area contributed by atoms with Crippen molar-refractivity contribution < 1.29 is 32.6 Å². The van der Waals surface area contributed by atoms with E-state index in [0.29, 0.717) is 24.5 Å². The Morgan fingerprint density at radius 3 is 2.44 bits per heavy atom. The normalized spacial score (nSPS) is 13.8. The first-order chi connectivity index (χ1) is 17.1. The first-order valence-corrected chi connectivity index (χ1v) is 13.4. The minimum Gasteiger partial charge on any atom is -0.481 e. The molecule has 1 saturated heterocycles. The van der Waals surface area contributed by atoms with Crippen LogP contribution in [0.25, 0.3) is 0 Å². The van der Waals surface area contributed by atoms with Crippen LogP contribution in [0.1, 0.15) is 36.3 Å². The van der Waals surface area contributed by atoms with E-state index in [4.69, 9.17) is 14.6 Å². The predicted octanol–water partition coefficient (Wildman–Crippen LogP) is 3.39. The molecule has 190 valence electrons. The highest BCUT2D eigenvalue weighted by Crippen LogP contribution is 2.28. The van der Waals surface area contributed by atoms with Gasteiger partial charge in [0, 0.05) is 30.6 Å². The summed E-state index contributed by atoms with van der Waals surface area (Å²) in [7, 11) is -3.51. The third-order valence-electron chi connectivity index (χ3n) is 5.00. The Labute approximate surface area is 211 Å². The third-order valence-corrected chi connectivity index (χ3v) is 7.72. The largest absolute Gasteiger partial charge is 0.481 e. The quantitative estimate of drug-likeness (QED) is 0.401. The van der Waals surface area contributed by atoms with Crippen LogP contribution in [-0.2, 0) is 21.2 Å². The molecule has 1 aliphatic rings. The Kier molecular flexibility index (Phi) is 7.52. The van der Waals surface area contributed by atoms with E-state index in [9.17, 15) is 18.0 Å². The number of nitrogens with one attached hydrogen (secondary N) is 1. The number of carboxylic acids is 1. The molecule has 3 aromatic rings. The smallest absolute Gasteiger partial charge is 0.309 e. The fourth-order valence-electron chi connectivity index (χ4n) is 3.21. The summed E-state index contributed by atoms with van der Waals surface area (Å²) in [5, 5.41) is 13.3. The number of aromatic nitrogens is 2. The Morgan fingerprint density at radius 2 is 1.83 bits per heavy atom. The number of benzene rings is 1. The van der Waals surface area contributed by atoms with Gasteiger partial charge in [0.1, 0.15) is 5.75 Å². The van der Waals surface area contributed by atoms with Gasteiger partial charge in [0.2, 0.25) is 21.8 Å². The van der Waals surface area contributed by atoms with Crippen LogP contribution in [0, 0.1) is 0 Å². The molecule has 3 heterocycles. The molecule has 4 rings (SSSR count). The minimum atomic E-state index is -3.51. The summed E-state index contributed by atoms with van der Waals surface area (Å²) >= 11 is 1.11. The summed E-state index contributed by atoms with van der Waals surface area (Å²) in [6.07, 6.45) is 0.389. The number of pyridine rings is 1. The maximum absolute atomic E-state index is 12.9. The first kappa shape index (κ1) is 25.5. The fourth-order valence-corrected chi connectivity index (χ4v) is 5.44. The topological polar surface area (TPSA) is 148 Å². The molecular formula is C23H24N4O7S2. The lowest BCUT2D eigenvalue weighted by atomic mass is 10.2. The number of carbonyl (C=O) groups is 2. The summed E-state index contributed by atoms with van der Waals surface area (Å²) in [6.45, 7) is 4.65.